The summed E-state index contributed by atoms with van der Waals surface area (Å²) in [5.41, 5.74) is 0.641. The molecular weight excluding hydrogens is 545 g/mol. The van der Waals surface area contributed by atoms with E-state index in [9.17, 15) is 13.2 Å². The zero-order valence-electron chi connectivity index (χ0n) is 22.2. The molecule has 2 heterocycles. The predicted molar refractivity (Wildman–Crippen MR) is 147 cm³/mol. The Hall–Kier alpha value is -4.66. The summed E-state index contributed by atoms with van der Waals surface area (Å²) in [6.45, 7) is 1.67. The molecule has 4 aromatic rings. The Kier molecular flexibility index (Phi) is 8.52. The van der Waals surface area contributed by atoms with Gasteiger partial charge in [0.25, 0.3) is 0 Å². The third-order valence-corrected chi connectivity index (χ3v) is 7.75. The third kappa shape index (κ3) is 5.83. The monoisotopic (exact) mass is 573 g/mol. The van der Waals surface area contributed by atoms with E-state index in [0.29, 0.717) is 28.8 Å². The number of fused-ring (bicyclic) bond motifs is 1. The van der Waals surface area contributed by atoms with E-state index in [0.717, 1.165) is 10.4 Å². The molecule has 212 valence electrons. The lowest BCUT2D eigenvalue weighted by Crippen LogP contribution is -2.33. The first kappa shape index (κ1) is 28.4. The fraction of sp³-hybridized carbons (Fsp3) is 0.280. The number of H-pyrrole nitrogens is 1. The van der Waals surface area contributed by atoms with Gasteiger partial charge in [0.2, 0.25) is 15.9 Å². The zero-order chi connectivity index (χ0) is 28.9. The summed E-state index contributed by atoms with van der Waals surface area (Å²) in [5, 5.41) is 11.8. The van der Waals surface area contributed by atoms with Crippen LogP contribution in [0.5, 0.6) is 17.4 Å². The number of amides is 2. The highest BCUT2D eigenvalue weighted by Gasteiger charge is 2.28. The number of ether oxygens (including phenoxy) is 3. The largest absolute Gasteiger partial charge is 0.497 e. The molecule has 0 unspecified atom stereocenters. The van der Waals surface area contributed by atoms with Gasteiger partial charge in [-0.3, -0.25) is 14.7 Å². The fourth-order valence-electron chi connectivity index (χ4n) is 3.99. The van der Waals surface area contributed by atoms with Crippen LogP contribution in [0.25, 0.3) is 11.0 Å². The van der Waals surface area contributed by atoms with Crippen molar-refractivity contribution in [2.75, 3.05) is 42.0 Å². The maximum atomic E-state index is 15.1. The van der Waals surface area contributed by atoms with E-state index >= 15 is 4.39 Å². The second-order valence-corrected chi connectivity index (χ2v) is 10.4. The Morgan fingerprint density at radius 3 is 2.42 bits per heavy atom. The SMILES string of the molecule is CCCS(=O)(=O)N(Cc1ccc(OC)cc1)c1ccc(F)c(NC(=O)Nc2ncnc3[nH]nc(OC)c23)c1OC. The van der Waals surface area contributed by atoms with Crippen LogP contribution in [0.1, 0.15) is 18.9 Å². The van der Waals surface area contributed by atoms with Gasteiger partial charge >= 0.3 is 6.03 Å². The molecule has 0 saturated carbocycles. The summed E-state index contributed by atoms with van der Waals surface area (Å²) >= 11 is 0. The number of methoxy groups -OCH3 is 3. The molecule has 15 heteroatoms. The van der Waals surface area contributed by atoms with Crippen LogP contribution in [-0.2, 0) is 16.6 Å². The standard InChI is InChI=1S/C25H28FN7O6S/c1-5-12-40(35,36)33(13-15-6-8-16(37-2)9-7-15)18-11-10-17(26)20(21(18)38-3)29-25(34)30-22-19-23(28-14-27-22)31-32-24(19)39-4/h6-11,14H,5,12-13H2,1-4H3,(H3,27,28,29,30,31,32,34). The number of hydrogen-bond donors (Lipinski definition) is 3. The van der Waals surface area contributed by atoms with Gasteiger partial charge in [0, 0.05) is 0 Å². The van der Waals surface area contributed by atoms with Crippen molar-refractivity contribution in [3.05, 3.63) is 54.1 Å². The van der Waals surface area contributed by atoms with Gasteiger partial charge in [-0.15, -0.1) is 5.10 Å². The molecule has 0 aliphatic carbocycles. The lowest BCUT2D eigenvalue weighted by atomic mass is 10.2. The summed E-state index contributed by atoms with van der Waals surface area (Å²) in [7, 11) is 0.299. The number of carbonyl (C=O) groups excluding carboxylic acids is 1. The average molecular weight is 574 g/mol. The number of hydrogen-bond acceptors (Lipinski definition) is 9. The number of halogens is 1. The number of benzene rings is 2. The topological polar surface area (TPSA) is 161 Å². The molecule has 0 radical (unpaired) electrons. The van der Waals surface area contributed by atoms with Crippen LogP contribution in [0, 0.1) is 5.82 Å². The minimum Gasteiger partial charge on any atom is -0.497 e. The third-order valence-electron chi connectivity index (χ3n) is 5.83. The van der Waals surface area contributed by atoms with Crippen molar-refractivity contribution >= 4 is 44.3 Å². The average Bonchev–Trinajstić information content (AvgIpc) is 3.37. The molecule has 0 saturated heterocycles. The molecule has 40 heavy (non-hydrogen) atoms. The Bertz CT molecular complexity index is 1610. The van der Waals surface area contributed by atoms with Crippen LogP contribution in [-0.4, -0.2) is 61.7 Å². The van der Waals surface area contributed by atoms with Gasteiger partial charge in [0.1, 0.15) is 23.2 Å². The Morgan fingerprint density at radius 2 is 1.77 bits per heavy atom. The maximum absolute atomic E-state index is 15.1. The van der Waals surface area contributed by atoms with Crippen molar-refractivity contribution in [3.63, 3.8) is 0 Å². The lowest BCUT2D eigenvalue weighted by molar-refractivity contribution is 0.262. The molecular formula is C25H28FN7O6S. The normalized spacial score (nSPS) is 11.2. The van der Waals surface area contributed by atoms with Gasteiger partial charge in [-0.1, -0.05) is 19.1 Å². The number of aromatic nitrogens is 4. The minimum absolute atomic E-state index is 0.0457. The lowest BCUT2D eigenvalue weighted by Gasteiger charge is -2.27. The minimum atomic E-state index is -3.87. The summed E-state index contributed by atoms with van der Waals surface area (Å²) in [5.74, 6) is -0.387. The van der Waals surface area contributed by atoms with Crippen LogP contribution >= 0.6 is 0 Å². The summed E-state index contributed by atoms with van der Waals surface area (Å²) in [4.78, 5) is 21.1. The van der Waals surface area contributed by atoms with E-state index in [1.165, 1.54) is 33.7 Å². The second-order valence-electron chi connectivity index (χ2n) is 8.40. The maximum Gasteiger partial charge on any atom is 0.325 e. The van der Waals surface area contributed by atoms with Crippen molar-refractivity contribution in [1.82, 2.24) is 20.2 Å². The van der Waals surface area contributed by atoms with Gasteiger partial charge in [-0.05, 0) is 36.2 Å². The molecule has 3 N–H and O–H groups in total. The number of aromatic amines is 1. The van der Waals surface area contributed by atoms with Crippen LogP contribution in [0.15, 0.2) is 42.7 Å². The van der Waals surface area contributed by atoms with E-state index in [4.69, 9.17) is 14.2 Å². The van der Waals surface area contributed by atoms with Gasteiger partial charge < -0.3 is 19.5 Å². The van der Waals surface area contributed by atoms with E-state index in [1.54, 1.807) is 31.2 Å². The number of rotatable bonds is 11. The first-order valence-corrected chi connectivity index (χ1v) is 13.6. The molecule has 0 fully saturated rings. The fourth-order valence-corrected chi connectivity index (χ4v) is 5.52. The summed E-state index contributed by atoms with van der Waals surface area (Å²) in [6, 6.07) is 8.33. The van der Waals surface area contributed by atoms with Gasteiger partial charge in [0.05, 0.1) is 39.3 Å². The number of urea groups is 1. The van der Waals surface area contributed by atoms with Gasteiger partial charge in [-0.25, -0.2) is 27.6 Å². The summed E-state index contributed by atoms with van der Waals surface area (Å²) in [6.07, 6.45) is 1.55. The Balaban J connectivity index is 1.71. The number of carbonyl (C=O) groups is 1. The van der Waals surface area contributed by atoms with Crippen molar-refractivity contribution in [3.8, 4) is 17.4 Å². The van der Waals surface area contributed by atoms with Crippen LogP contribution in [0.3, 0.4) is 0 Å². The number of nitrogens with one attached hydrogen (secondary N) is 3. The highest BCUT2D eigenvalue weighted by Crippen LogP contribution is 2.40. The highest BCUT2D eigenvalue weighted by atomic mass is 32.2. The van der Waals surface area contributed by atoms with Crippen LogP contribution < -0.4 is 29.1 Å². The Morgan fingerprint density at radius 1 is 1.02 bits per heavy atom. The van der Waals surface area contributed by atoms with Gasteiger partial charge in [-0.2, -0.15) is 0 Å². The molecule has 0 atom stereocenters. The first-order chi connectivity index (χ1) is 19.2. The van der Waals surface area contributed by atoms with Crippen LogP contribution in [0.2, 0.25) is 0 Å². The predicted octanol–water partition coefficient (Wildman–Crippen LogP) is 3.91. The first-order valence-electron chi connectivity index (χ1n) is 12.0. The molecule has 4 rings (SSSR count). The number of nitrogens with zero attached hydrogens (tertiary/aromatic N) is 4. The molecule has 0 aliphatic rings. The van der Waals surface area contributed by atoms with Crippen molar-refractivity contribution in [2.24, 2.45) is 0 Å². The highest BCUT2D eigenvalue weighted by molar-refractivity contribution is 7.92. The van der Waals surface area contributed by atoms with Crippen LogP contribution in [0.4, 0.5) is 26.4 Å². The number of sulfonamides is 1. The molecule has 2 aromatic heterocycles. The summed E-state index contributed by atoms with van der Waals surface area (Å²) < 4.78 is 58.8. The van der Waals surface area contributed by atoms with E-state index in [-0.39, 0.29) is 41.1 Å². The van der Waals surface area contributed by atoms with Crippen molar-refractivity contribution in [1.29, 1.82) is 0 Å². The molecule has 2 amide bonds. The molecule has 0 aliphatic heterocycles. The zero-order valence-corrected chi connectivity index (χ0v) is 23.0. The molecule has 13 nitrogen and oxygen atoms in total. The van der Waals surface area contributed by atoms with E-state index in [2.05, 4.69) is 30.8 Å². The quantitative estimate of drug-likeness (QED) is 0.242. The molecule has 0 spiro atoms. The van der Waals surface area contributed by atoms with Gasteiger partial charge in [0.15, 0.2) is 23.0 Å². The molecule has 0 bridgehead atoms. The second kappa shape index (κ2) is 12.0. The van der Waals surface area contributed by atoms with E-state index < -0.39 is 21.9 Å². The molecule has 2 aromatic carbocycles. The van der Waals surface area contributed by atoms with Crippen molar-refractivity contribution in [2.45, 2.75) is 19.9 Å². The van der Waals surface area contributed by atoms with Crippen molar-refractivity contribution < 1.29 is 31.8 Å². The van der Waals surface area contributed by atoms with E-state index in [1.807, 2.05) is 0 Å². The number of anilines is 3. The Labute approximate surface area is 229 Å². The smallest absolute Gasteiger partial charge is 0.325 e.